The SMILES string of the molecule is Cc1ccc(-c2nnc(CSc3nnc(CN)o3)o2)cc1. The van der Waals surface area contributed by atoms with Crippen LogP contribution in [0.2, 0.25) is 0 Å². The Labute approximate surface area is 125 Å². The molecule has 7 nitrogen and oxygen atoms in total. The number of hydrogen-bond acceptors (Lipinski definition) is 8. The van der Waals surface area contributed by atoms with Gasteiger partial charge in [-0.15, -0.1) is 20.4 Å². The summed E-state index contributed by atoms with van der Waals surface area (Å²) in [7, 11) is 0. The minimum absolute atomic E-state index is 0.228. The second-order valence-corrected chi connectivity index (χ2v) is 5.25. The fourth-order valence-corrected chi connectivity index (χ4v) is 2.24. The number of rotatable bonds is 5. The van der Waals surface area contributed by atoms with Gasteiger partial charge in [-0.25, -0.2) is 0 Å². The topological polar surface area (TPSA) is 104 Å². The minimum atomic E-state index is 0.228. The normalized spacial score (nSPS) is 11.0. The van der Waals surface area contributed by atoms with Crippen molar-refractivity contribution in [1.82, 2.24) is 20.4 Å². The molecule has 0 saturated carbocycles. The summed E-state index contributed by atoms with van der Waals surface area (Å²) < 4.78 is 10.9. The Balaban J connectivity index is 1.66. The maximum absolute atomic E-state index is 5.61. The predicted octanol–water partition coefficient (Wildman–Crippen LogP) is 2.18. The van der Waals surface area contributed by atoms with Gasteiger partial charge in [-0.3, -0.25) is 0 Å². The van der Waals surface area contributed by atoms with E-state index in [0.717, 1.165) is 5.56 Å². The van der Waals surface area contributed by atoms with Crippen LogP contribution in [-0.2, 0) is 12.3 Å². The van der Waals surface area contributed by atoms with E-state index in [1.165, 1.54) is 17.3 Å². The molecule has 3 rings (SSSR count). The highest BCUT2D eigenvalue weighted by Crippen LogP contribution is 2.23. The van der Waals surface area contributed by atoms with Gasteiger partial charge >= 0.3 is 0 Å². The second-order valence-electron chi connectivity index (χ2n) is 4.32. The third-order valence-corrected chi connectivity index (χ3v) is 3.51. The van der Waals surface area contributed by atoms with Gasteiger partial charge in [-0.1, -0.05) is 29.5 Å². The number of nitrogens with zero attached hydrogens (tertiary/aromatic N) is 4. The van der Waals surface area contributed by atoms with Gasteiger partial charge in [0.1, 0.15) is 0 Å². The minimum Gasteiger partial charge on any atom is -0.420 e. The molecule has 3 aromatic rings. The third-order valence-electron chi connectivity index (χ3n) is 2.71. The van der Waals surface area contributed by atoms with E-state index in [2.05, 4.69) is 20.4 Å². The summed E-state index contributed by atoms with van der Waals surface area (Å²) in [6.45, 7) is 2.26. The van der Waals surface area contributed by atoms with E-state index in [1.54, 1.807) is 0 Å². The molecule has 2 heterocycles. The van der Waals surface area contributed by atoms with E-state index >= 15 is 0 Å². The Bertz CT molecular complexity index is 722. The van der Waals surface area contributed by atoms with Crippen LogP contribution >= 0.6 is 11.8 Å². The molecule has 0 aliphatic rings. The molecule has 2 aromatic heterocycles. The van der Waals surface area contributed by atoms with E-state index in [-0.39, 0.29) is 6.54 Å². The van der Waals surface area contributed by atoms with Crippen LogP contribution in [0, 0.1) is 6.92 Å². The first-order chi connectivity index (χ1) is 10.2. The maximum Gasteiger partial charge on any atom is 0.277 e. The molecule has 0 aliphatic heterocycles. The lowest BCUT2D eigenvalue weighted by Gasteiger charge is -1.95. The van der Waals surface area contributed by atoms with Crippen molar-refractivity contribution >= 4 is 11.8 Å². The van der Waals surface area contributed by atoms with E-state index in [1.807, 2.05) is 31.2 Å². The van der Waals surface area contributed by atoms with Gasteiger partial charge in [-0.2, -0.15) is 0 Å². The summed E-state index contributed by atoms with van der Waals surface area (Å²) in [6.07, 6.45) is 0. The van der Waals surface area contributed by atoms with E-state index in [0.29, 0.717) is 28.6 Å². The summed E-state index contributed by atoms with van der Waals surface area (Å²) >= 11 is 1.33. The molecule has 0 fully saturated rings. The van der Waals surface area contributed by atoms with Gasteiger partial charge in [0.25, 0.3) is 5.22 Å². The van der Waals surface area contributed by atoms with E-state index in [4.69, 9.17) is 14.6 Å². The molecule has 0 radical (unpaired) electrons. The van der Waals surface area contributed by atoms with Crippen LogP contribution in [0.3, 0.4) is 0 Å². The summed E-state index contributed by atoms with van der Waals surface area (Å²) in [6, 6.07) is 7.90. The van der Waals surface area contributed by atoms with Crippen molar-refractivity contribution in [3.05, 3.63) is 41.6 Å². The Kier molecular flexibility index (Phi) is 3.98. The van der Waals surface area contributed by atoms with Crippen molar-refractivity contribution in [2.24, 2.45) is 5.73 Å². The van der Waals surface area contributed by atoms with Crippen molar-refractivity contribution < 1.29 is 8.83 Å². The number of nitrogens with two attached hydrogens (primary N) is 1. The average molecular weight is 303 g/mol. The van der Waals surface area contributed by atoms with Gasteiger partial charge in [0.2, 0.25) is 17.7 Å². The molecule has 0 amide bonds. The van der Waals surface area contributed by atoms with Crippen molar-refractivity contribution in [3.8, 4) is 11.5 Å². The molecule has 0 unspecified atom stereocenters. The van der Waals surface area contributed by atoms with Crippen molar-refractivity contribution in [2.75, 3.05) is 0 Å². The van der Waals surface area contributed by atoms with Crippen LogP contribution in [0.25, 0.3) is 11.5 Å². The highest BCUT2D eigenvalue weighted by atomic mass is 32.2. The largest absolute Gasteiger partial charge is 0.420 e. The first-order valence-electron chi connectivity index (χ1n) is 6.29. The molecule has 0 spiro atoms. The maximum atomic E-state index is 5.61. The highest BCUT2D eigenvalue weighted by molar-refractivity contribution is 7.98. The zero-order valence-corrected chi connectivity index (χ0v) is 12.1. The molecule has 1 aromatic carbocycles. The molecule has 0 bridgehead atoms. The van der Waals surface area contributed by atoms with Gasteiger partial charge in [0, 0.05) is 5.56 Å². The second kappa shape index (κ2) is 6.06. The molecule has 21 heavy (non-hydrogen) atoms. The van der Waals surface area contributed by atoms with Gasteiger partial charge in [0.15, 0.2) is 0 Å². The number of hydrogen-bond donors (Lipinski definition) is 1. The Morgan fingerprint density at radius 3 is 2.48 bits per heavy atom. The lowest BCUT2D eigenvalue weighted by Crippen LogP contribution is -1.95. The predicted molar refractivity (Wildman–Crippen MR) is 76.2 cm³/mol. The van der Waals surface area contributed by atoms with E-state index in [9.17, 15) is 0 Å². The lowest BCUT2D eigenvalue weighted by atomic mass is 10.1. The van der Waals surface area contributed by atoms with Gasteiger partial charge in [0.05, 0.1) is 12.3 Å². The molecule has 2 N–H and O–H groups in total. The fourth-order valence-electron chi connectivity index (χ4n) is 1.63. The van der Waals surface area contributed by atoms with Crippen molar-refractivity contribution in [1.29, 1.82) is 0 Å². The quantitative estimate of drug-likeness (QED) is 0.715. The molecule has 8 heteroatoms. The Morgan fingerprint density at radius 2 is 1.76 bits per heavy atom. The highest BCUT2D eigenvalue weighted by Gasteiger charge is 2.11. The van der Waals surface area contributed by atoms with Crippen LogP contribution < -0.4 is 5.73 Å². The first-order valence-corrected chi connectivity index (χ1v) is 7.28. The number of thioether (sulfide) groups is 1. The number of aromatic nitrogens is 4. The molecule has 108 valence electrons. The molecular weight excluding hydrogens is 290 g/mol. The molecule has 0 atom stereocenters. The van der Waals surface area contributed by atoms with Crippen molar-refractivity contribution in [2.45, 2.75) is 24.4 Å². The summed E-state index contributed by atoms with van der Waals surface area (Å²) in [4.78, 5) is 0. The number of aryl methyl sites for hydroxylation is 1. The lowest BCUT2D eigenvalue weighted by molar-refractivity contribution is 0.414. The van der Waals surface area contributed by atoms with Crippen LogP contribution in [0.5, 0.6) is 0 Å². The van der Waals surface area contributed by atoms with Crippen LogP contribution in [0.4, 0.5) is 0 Å². The third kappa shape index (κ3) is 3.29. The van der Waals surface area contributed by atoms with Crippen LogP contribution in [0.15, 0.2) is 38.3 Å². The van der Waals surface area contributed by atoms with Crippen molar-refractivity contribution in [3.63, 3.8) is 0 Å². The summed E-state index contributed by atoms with van der Waals surface area (Å²) in [5, 5.41) is 16.1. The van der Waals surface area contributed by atoms with Crippen LogP contribution in [-0.4, -0.2) is 20.4 Å². The van der Waals surface area contributed by atoms with Gasteiger partial charge < -0.3 is 14.6 Å². The van der Waals surface area contributed by atoms with Crippen LogP contribution in [0.1, 0.15) is 17.3 Å². The summed E-state index contributed by atoms with van der Waals surface area (Å²) in [5.74, 6) is 1.87. The van der Waals surface area contributed by atoms with Gasteiger partial charge in [-0.05, 0) is 19.1 Å². The number of benzene rings is 1. The summed E-state index contributed by atoms with van der Waals surface area (Å²) in [5.41, 5.74) is 7.48. The Morgan fingerprint density at radius 1 is 1.00 bits per heavy atom. The van der Waals surface area contributed by atoms with E-state index < -0.39 is 0 Å². The fraction of sp³-hybridized carbons (Fsp3) is 0.231. The zero-order chi connectivity index (χ0) is 14.7. The molecule has 0 aliphatic carbocycles. The zero-order valence-electron chi connectivity index (χ0n) is 11.3. The monoisotopic (exact) mass is 303 g/mol. The Hall–Kier alpha value is -2.19. The first kappa shape index (κ1) is 13.8. The smallest absolute Gasteiger partial charge is 0.277 e. The molecule has 0 saturated heterocycles. The molecular formula is C13H13N5O2S. The average Bonchev–Trinajstić information content (AvgIpc) is 3.15. The standard InChI is InChI=1S/C13H13N5O2S/c1-8-2-4-9(5-3-8)12-17-16-11(19-12)7-21-13-18-15-10(6-14)20-13/h2-5H,6-7,14H2,1H3.